The number of carbonyl (C=O) groups excluding carboxylic acids is 3. The van der Waals surface area contributed by atoms with E-state index in [4.69, 9.17) is 4.42 Å². The van der Waals surface area contributed by atoms with Crippen LogP contribution in [0.4, 0.5) is 24.5 Å². The standard InChI is InChI=1S/C29H22F3N3O4S/c30-29(31,32)20-9-4-10-21(15-20)33-26(36)18-40-24-13-5-11-22(16-24)34-28(38)25(17-23-12-6-14-39-23)35-27(37)19-7-2-1-3-8-19/h1-17H,18H2,(H,33,36)(H,34,38)(H,35,37)/b25-17-. The predicted octanol–water partition coefficient (Wildman–Crippen LogP) is 6.44. The summed E-state index contributed by atoms with van der Waals surface area (Å²) in [7, 11) is 0. The Labute approximate surface area is 231 Å². The van der Waals surface area contributed by atoms with E-state index in [2.05, 4.69) is 16.0 Å². The van der Waals surface area contributed by atoms with Crippen LogP contribution in [-0.4, -0.2) is 23.5 Å². The number of rotatable bonds is 9. The summed E-state index contributed by atoms with van der Waals surface area (Å²) in [5.74, 6) is -1.31. The predicted molar refractivity (Wildman–Crippen MR) is 146 cm³/mol. The van der Waals surface area contributed by atoms with Gasteiger partial charge in [0.2, 0.25) is 5.91 Å². The van der Waals surface area contributed by atoms with Crippen LogP contribution in [0.3, 0.4) is 0 Å². The van der Waals surface area contributed by atoms with Crippen molar-refractivity contribution in [1.29, 1.82) is 0 Å². The monoisotopic (exact) mass is 565 g/mol. The topological polar surface area (TPSA) is 100 Å². The Morgan fingerprint density at radius 2 is 1.55 bits per heavy atom. The second kappa shape index (κ2) is 12.9. The molecular weight excluding hydrogens is 543 g/mol. The van der Waals surface area contributed by atoms with Gasteiger partial charge in [0.25, 0.3) is 11.8 Å². The summed E-state index contributed by atoms with van der Waals surface area (Å²) in [4.78, 5) is 38.7. The maximum atomic E-state index is 13.1. The van der Waals surface area contributed by atoms with E-state index in [0.717, 1.165) is 23.9 Å². The number of hydrogen-bond donors (Lipinski definition) is 3. The summed E-state index contributed by atoms with van der Waals surface area (Å²) in [6, 6.07) is 22.7. The van der Waals surface area contributed by atoms with E-state index in [9.17, 15) is 27.6 Å². The molecule has 0 spiro atoms. The Bertz CT molecular complexity index is 1520. The van der Waals surface area contributed by atoms with E-state index < -0.39 is 29.5 Å². The quantitative estimate of drug-likeness (QED) is 0.160. The molecule has 3 N–H and O–H groups in total. The van der Waals surface area contributed by atoms with E-state index in [-0.39, 0.29) is 17.1 Å². The fourth-order valence-corrected chi connectivity index (χ4v) is 4.19. The Kier molecular flexibility index (Phi) is 9.07. The van der Waals surface area contributed by atoms with Crippen molar-refractivity contribution in [2.75, 3.05) is 16.4 Å². The molecule has 1 aromatic heterocycles. The van der Waals surface area contributed by atoms with Crippen LogP contribution in [0.2, 0.25) is 0 Å². The molecule has 3 amide bonds. The van der Waals surface area contributed by atoms with E-state index in [1.807, 2.05) is 0 Å². The first-order valence-electron chi connectivity index (χ1n) is 11.8. The number of anilines is 2. The molecule has 0 aliphatic rings. The van der Waals surface area contributed by atoms with Crippen LogP contribution in [0.1, 0.15) is 21.7 Å². The van der Waals surface area contributed by atoms with Crippen LogP contribution in [0.25, 0.3) is 6.08 Å². The first kappa shape index (κ1) is 28.2. The van der Waals surface area contributed by atoms with Crippen LogP contribution in [0.5, 0.6) is 0 Å². The summed E-state index contributed by atoms with van der Waals surface area (Å²) < 4.78 is 44.0. The zero-order valence-corrected chi connectivity index (χ0v) is 21.5. The third kappa shape index (κ3) is 8.11. The molecule has 0 unspecified atom stereocenters. The number of nitrogens with one attached hydrogen (secondary N) is 3. The smallest absolute Gasteiger partial charge is 0.416 e. The summed E-state index contributed by atoms with van der Waals surface area (Å²) in [6.45, 7) is 0. The Morgan fingerprint density at radius 1 is 0.825 bits per heavy atom. The molecule has 4 aromatic rings. The van der Waals surface area contributed by atoms with E-state index in [0.29, 0.717) is 21.9 Å². The Hall–Kier alpha value is -4.77. The van der Waals surface area contributed by atoms with Gasteiger partial charge in [-0.25, -0.2) is 0 Å². The SMILES string of the molecule is O=C(CSc1cccc(NC(=O)/C(=C/c2ccco2)NC(=O)c2ccccc2)c1)Nc1cccc(C(F)(F)F)c1. The van der Waals surface area contributed by atoms with E-state index in [1.165, 1.54) is 24.5 Å². The van der Waals surface area contributed by atoms with Crippen LogP contribution in [0.15, 0.2) is 112 Å². The molecule has 0 atom stereocenters. The van der Waals surface area contributed by atoms with E-state index >= 15 is 0 Å². The lowest BCUT2D eigenvalue weighted by molar-refractivity contribution is -0.137. The highest BCUT2D eigenvalue weighted by Gasteiger charge is 2.30. The van der Waals surface area contributed by atoms with Gasteiger partial charge >= 0.3 is 6.18 Å². The molecule has 7 nitrogen and oxygen atoms in total. The number of thioether (sulfide) groups is 1. The van der Waals surface area contributed by atoms with Crippen molar-refractivity contribution < 1.29 is 32.0 Å². The second-order valence-electron chi connectivity index (χ2n) is 8.29. The van der Waals surface area contributed by atoms with Crippen molar-refractivity contribution in [3.8, 4) is 0 Å². The minimum absolute atomic E-state index is 0.0369. The molecule has 40 heavy (non-hydrogen) atoms. The van der Waals surface area contributed by atoms with Crippen molar-refractivity contribution in [2.24, 2.45) is 0 Å². The molecule has 0 aliphatic carbocycles. The average Bonchev–Trinajstić information content (AvgIpc) is 3.45. The van der Waals surface area contributed by atoms with Crippen molar-refractivity contribution in [3.63, 3.8) is 0 Å². The first-order chi connectivity index (χ1) is 19.2. The molecule has 0 radical (unpaired) electrons. The van der Waals surface area contributed by atoms with Gasteiger partial charge in [0, 0.05) is 27.9 Å². The van der Waals surface area contributed by atoms with Gasteiger partial charge in [-0.3, -0.25) is 14.4 Å². The zero-order valence-electron chi connectivity index (χ0n) is 20.7. The third-order valence-corrected chi connectivity index (χ3v) is 6.29. The highest BCUT2D eigenvalue weighted by atomic mass is 32.2. The van der Waals surface area contributed by atoms with Crippen LogP contribution < -0.4 is 16.0 Å². The van der Waals surface area contributed by atoms with Crippen molar-refractivity contribution >= 4 is 46.9 Å². The van der Waals surface area contributed by atoms with Gasteiger partial charge in [-0.15, -0.1) is 11.8 Å². The molecule has 3 aromatic carbocycles. The maximum absolute atomic E-state index is 13.1. The number of benzene rings is 3. The lowest BCUT2D eigenvalue weighted by Gasteiger charge is -2.12. The number of carbonyl (C=O) groups is 3. The minimum atomic E-state index is -4.52. The molecule has 0 aliphatic heterocycles. The molecule has 0 bridgehead atoms. The molecule has 0 fully saturated rings. The summed E-state index contributed by atoms with van der Waals surface area (Å²) in [6.07, 6.45) is -1.69. The zero-order chi connectivity index (χ0) is 28.5. The van der Waals surface area contributed by atoms with Crippen LogP contribution >= 0.6 is 11.8 Å². The molecule has 0 saturated carbocycles. The van der Waals surface area contributed by atoms with Crippen LogP contribution in [-0.2, 0) is 15.8 Å². The summed E-state index contributed by atoms with van der Waals surface area (Å²) in [5, 5.41) is 7.77. The van der Waals surface area contributed by atoms with Gasteiger partial charge in [0.15, 0.2) is 0 Å². The average molecular weight is 566 g/mol. The Morgan fingerprint density at radius 3 is 2.25 bits per heavy atom. The first-order valence-corrected chi connectivity index (χ1v) is 12.8. The molecular formula is C29H22F3N3O4S. The van der Waals surface area contributed by atoms with Gasteiger partial charge in [0.05, 0.1) is 17.6 Å². The van der Waals surface area contributed by atoms with Gasteiger partial charge in [-0.1, -0.05) is 30.3 Å². The van der Waals surface area contributed by atoms with E-state index in [1.54, 1.807) is 66.7 Å². The normalized spacial score (nSPS) is 11.5. The largest absolute Gasteiger partial charge is 0.465 e. The summed E-state index contributed by atoms with van der Waals surface area (Å²) >= 11 is 1.13. The van der Waals surface area contributed by atoms with Gasteiger partial charge < -0.3 is 20.4 Å². The minimum Gasteiger partial charge on any atom is -0.465 e. The molecule has 204 valence electrons. The number of furan rings is 1. The fourth-order valence-electron chi connectivity index (χ4n) is 3.44. The maximum Gasteiger partial charge on any atom is 0.416 e. The number of alkyl halides is 3. The Balaban J connectivity index is 1.40. The molecule has 0 saturated heterocycles. The molecule has 4 rings (SSSR count). The van der Waals surface area contributed by atoms with Crippen molar-refractivity contribution in [2.45, 2.75) is 11.1 Å². The van der Waals surface area contributed by atoms with Gasteiger partial charge in [-0.2, -0.15) is 13.2 Å². The molecule has 11 heteroatoms. The lowest BCUT2D eigenvalue weighted by Crippen LogP contribution is -2.30. The van der Waals surface area contributed by atoms with Gasteiger partial charge in [0.1, 0.15) is 11.5 Å². The van der Waals surface area contributed by atoms with Crippen LogP contribution in [0, 0.1) is 0 Å². The number of amides is 3. The fraction of sp³-hybridized carbons (Fsp3) is 0.0690. The van der Waals surface area contributed by atoms with Crippen molar-refractivity contribution in [1.82, 2.24) is 5.32 Å². The molecule has 1 heterocycles. The van der Waals surface area contributed by atoms with Crippen molar-refractivity contribution in [3.05, 3.63) is 120 Å². The third-order valence-electron chi connectivity index (χ3n) is 5.29. The summed E-state index contributed by atoms with van der Waals surface area (Å²) in [5.41, 5.74) is -0.117. The number of halogens is 3. The second-order valence-corrected chi connectivity index (χ2v) is 9.34. The number of hydrogen-bond acceptors (Lipinski definition) is 5. The highest BCUT2D eigenvalue weighted by molar-refractivity contribution is 8.00. The highest BCUT2D eigenvalue weighted by Crippen LogP contribution is 2.31. The van der Waals surface area contributed by atoms with Gasteiger partial charge in [-0.05, 0) is 60.7 Å². The lowest BCUT2D eigenvalue weighted by atomic mass is 10.2.